The molecule has 0 N–H and O–H groups in total. The molecule has 0 radical (unpaired) electrons. The Hall–Kier alpha value is -1.59. The van der Waals surface area contributed by atoms with Crippen molar-refractivity contribution < 1.29 is 23.9 Å². The van der Waals surface area contributed by atoms with Gasteiger partial charge in [-0.25, -0.2) is 4.79 Å². The molecule has 0 aliphatic carbocycles. The largest absolute Gasteiger partial charge is 0.469 e. The lowest BCUT2D eigenvalue weighted by Gasteiger charge is -2.25. The van der Waals surface area contributed by atoms with Crippen molar-refractivity contribution in [2.24, 2.45) is 0 Å². The van der Waals surface area contributed by atoms with Crippen molar-refractivity contribution in [3.63, 3.8) is 0 Å². The minimum Gasteiger partial charge on any atom is -0.469 e. The summed E-state index contributed by atoms with van der Waals surface area (Å²) in [5, 5.41) is 0. The number of hydrogen-bond donors (Lipinski definition) is 0. The quantitative estimate of drug-likeness (QED) is 0.514. The van der Waals surface area contributed by atoms with Crippen LogP contribution in [0.15, 0.2) is 0 Å². The molecule has 1 heterocycles. The second-order valence-corrected chi connectivity index (χ2v) is 3.54. The molecule has 1 amide bonds. The van der Waals surface area contributed by atoms with Crippen LogP contribution in [0.4, 0.5) is 4.79 Å². The molecule has 1 rings (SSSR count). The fraction of sp³-hybridized carbons (Fsp3) is 0.700. The first-order chi connectivity index (χ1) is 7.63. The highest BCUT2D eigenvalue weighted by atomic mass is 16.6. The summed E-state index contributed by atoms with van der Waals surface area (Å²) in [6.07, 6.45) is 1.71. The summed E-state index contributed by atoms with van der Waals surface area (Å²) in [7, 11) is 1.17. The monoisotopic (exact) mass is 229 g/mol. The minimum absolute atomic E-state index is 0.532. The highest BCUT2D eigenvalue weighted by Crippen LogP contribution is 2.10. The summed E-state index contributed by atoms with van der Waals surface area (Å²) in [4.78, 5) is 34.7. The molecule has 0 aromatic carbocycles. The summed E-state index contributed by atoms with van der Waals surface area (Å²) >= 11 is 0. The van der Waals surface area contributed by atoms with E-state index in [-0.39, 0.29) is 0 Å². The van der Waals surface area contributed by atoms with E-state index in [1.807, 2.05) is 0 Å². The number of hydrogen-bond acceptors (Lipinski definition) is 5. The molecule has 16 heavy (non-hydrogen) atoms. The van der Waals surface area contributed by atoms with Crippen molar-refractivity contribution in [1.82, 2.24) is 4.90 Å². The van der Waals surface area contributed by atoms with Gasteiger partial charge in [-0.2, -0.15) is 0 Å². The number of rotatable bonds is 2. The summed E-state index contributed by atoms with van der Waals surface area (Å²) in [5.41, 5.74) is 0. The lowest BCUT2D eigenvalue weighted by atomic mass is 10.1. The molecule has 6 heteroatoms. The van der Waals surface area contributed by atoms with Crippen molar-refractivity contribution in [3.05, 3.63) is 0 Å². The Kier molecular flexibility index (Phi) is 4.75. The standard InChI is InChI=1S/C10H15NO5/c1-15-8(12)7-9(13)16-10(14)11-5-3-2-4-6-11/h2-7H2,1H3. The summed E-state index contributed by atoms with van der Waals surface area (Å²) in [6, 6.07) is 0. The van der Waals surface area contributed by atoms with Crippen molar-refractivity contribution in [2.45, 2.75) is 25.7 Å². The number of esters is 2. The molecular weight excluding hydrogens is 214 g/mol. The van der Waals surface area contributed by atoms with Gasteiger partial charge in [0.15, 0.2) is 0 Å². The average molecular weight is 229 g/mol. The zero-order valence-corrected chi connectivity index (χ0v) is 9.23. The Balaban J connectivity index is 2.32. The van der Waals surface area contributed by atoms with Crippen LogP contribution in [-0.2, 0) is 19.1 Å². The van der Waals surface area contributed by atoms with Crippen LogP contribution in [0.25, 0.3) is 0 Å². The van der Waals surface area contributed by atoms with Crippen molar-refractivity contribution in [2.75, 3.05) is 20.2 Å². The van der Waals surface area contributed by atoms with E-state index in [0.29, 0.717) is 13.1 Å². The third kappa shape index (κ3) is 3.88. The van der Waals surface area contributed by atoms with E-state index in [1.165, 1.54) is 12.0 Å². The number of ether oxygens (including phenoxy) is 2. The van der Waals surface area contributed by atoms with Gasteiger partial charge < -0.3 is 14.4 Å². The normalized spacial score (nSPS) is 15.4. The summed E-state index contributed by atoms with van der Waals surface area (Å²) < 4.78 is 8.79. The van der Waals surface area contributed by atoms with Gasteiger partial charge >= 0.3 is 18.0 Å². The minimum atomic E-state index is -0.873. The van der Waals surface area contributed by atoms with Gasteiger partial charge in [-0.1, -0.05) is 0 Å². The van der Waals surface area contributed by atoms with E-state index < -0.39 is 24.5 Å². The maximum absolute atomic E-state index is 11.4. The van der Waals surface area contributed by atoms with E-state index >= 15 is 0 Å². The second-order valence-electron chi connectivity index (χ2n) is 3.54. The number of amides is 1. The molecule has 0 aromatic heterocycles. The predicted octanol–water partition coefficient (Wildman–Crippen LogP) is 0.699. The van der Waals surface area contributed by atoms with E-state index in [2.05, 4.69) is 9.47 Å². The Morgan fingerprint density at radius 3 is 2.25 bits per heavy atom. The van der Waals surface area contributed by atoms with Crippen LogP contribution in [0.3, 0.4) is 0 Å². The average Bonchev–Trinajstić information content (AvgIpc) is 2.29. The first-order valence-corrected chi connectivity index (χ1v) is 5.20. The predicted molar refractivity (Wildman–Crippen MR) is 53.5 cm³/mol. The Labute approximate surface area is 93.5 Å². The van der Waals surface area contributed by atoms with Gasteiger partial charge in [-0.15, -0.1) is 0 Å². The van der Waals surface area contributed by atoms with E-state index in [4.69, 9.17) is 0 Å². The van der Waals surface area contributed by atoms with Crippen LogP contribution < -0.4 is 0 Å². The van der Waals surface area contributed by atoms with Gasteiger partial charge in [-0.3, -0.25) is 9.59 Å². The lowest BCUT2D eigenvalue weighted by Crippen LogP contribution is -2.37. The first-order valence-electron chi connectivity index (χ1n) is 5.20. The van der Waals surface area contributed by atoms with Gasteiger partial charge in [0.05, 0.1) is 7.11 Å². The molecule has 1 aliphatic heterocycles. The summed E-state index contributed by atoms with van der Waals surface area (Å²) in [6.45, 7) is 1.20. The zero-order valence-electron chi connectivity index (χ0n) is 9.23. The first kappa shape index (κ1) is 12.5. The van der Waals surface area contributed by atoms with Crippen LogP contribution in [-0.4, -0.2) is 43.1 Å². The number of piperidine rings is 1. The summed E-state index contributed by atoms with van der Waals surface area (Å²) in [5.74, 6) is -1.58. The maximum Gasteiger partial charge on any atom is 0.417 e. The van der Waals surface area contributed by atoms with Gasteiger partial charge in [0.2, 0.25) is 0 Å². The SMILES string of the molecule is COC(=O)CC(=O)OC(=O)N1CCCCC1. The van der Waals surface area contributed by atoms with Crippen LogP contribution in [0.1, 0.15) is 25.7 Å². The van der Waals surface area contributed by atoms with Gasteiger partial charge in [-0.05, 0) is 19.3 Å². The molecule has 0 atom stereocenters. The highest BCUT2D eigenvalue weighted by Gasteiger charge is 2.21. The molecule has 0 saturated carbocycles. The Morgan fingerprint density at radius 1 is 1.06 bits per heavy atom. The Bertz CT molecular complexity index is 283. The molecule has 0 aromatic rings. The van der Waals surface area contributed by atoms with Gasteiger partial charge in [0.1, 0.15) is 6.42 Å². The van der Waals surface area contributed by atoms with Crippen molar-refractivity contribution in [1.29, 1.82) is 0 Å². The molecule has 1 aliphatic rings. The smallest absolute Gasteiger partial charge is 0.417 e. The third-order valence-electron chi connectivity index (χ3n) is 2.33. The lowest BCUT2D eigenvalue weighted by molar-refractivity contribution is -0.149. The third-order valence-corrected chi connectivity index (χ3v) is 2.33. The highest BCUT2D eigenvalue weighted by molar-refractivity contribution is 5.95. The van der Waals surface area contributed by atoms with Gasteiger partial charge in [0, 0.05) is 13.1 Å². The van der Waals surface area contributed by atoms with E-state index in [9.17, 15) is 14.4 Å². The number of carbonyl (C=O) groups is 3. The van der Waals surface area contributed by atoms with E-state index in [0.717, 1.165) is 19.3 Å². The molecule has 1 fully saturated rings. The number of nitrogens with zero attached hydrogens (tertiary/aromatic N) is 1. The molecular formula is C10H15NO5. The van der Waals surface area contributed by atoms with Crippen LogP contribution in [0, 0.1) is 0 Å². The van der Waals surface area contributed by atoms with E-state index in [1.54, 1.807) is 0 Å². The maximum atomic E-state index is 11.4. The number of carbonyl (C=O) groups excluding carboxylic acids is 3. The topological polar surface area (TPSA) is 72.9 Å². The fourth-order valence-corrected chi connectivity index (χ4v) is 1.46. The molecule has 0 unspecified atom stereocenters. The van der Waals surface area contributed by atoms with Crippen LogP contribution in [0.2, 0.25) is 0 Å². The van der Waals surface area contributed by atoms with Crippen molar-refractivity contribution in [3.8, 4) is 0 Å². The molecule has 90 valence electrons. The zero-order chi connectivity index (χ0) is 12.0. The second kappa shape index (κ2) is 6.09. The number of methoxy groups -OCH3 is 1. The fourth-order valence-electron chi connectivity index (χ4n) is 1.46. The Morgan fingerprint density at radius 2 is 1.69 bits per heavy atom. The van der Waals surface area contributed by atoms with Gasteiger partial charge in [0.25, 0.3) is 0 Å². The number of likely N-dealkylation sites (tertiary alicyclic amines) is 1. The van der Waals surface area contributed by atoms with Crippen LogP contribution >= 0.6 is 0 Å². The molecule has 0 bridgehead atoms. The molecule has 1 saturated heterocycles. The van der Waals surface area contributed by atoms with Crippen LogP contribution in [0.5, 0.6) is 0 Å². The van der Waals surface area contributed by atoms with Crippen molar-refractivity contribution >= 4 is 18.0 Å². The molecule has 0 spiro atoms. The molecule has 6 nitrogen and oxygen atoms in total.